The van der Waals surface area contributed by atoms with E-state index in [9.17, 15) is 0 Å². The predicted octanol–water partition coefficient (Wildman–Crippen LogP) is 3.72. The summed E-state index contributed by atoms with van der Waals surface area (Å²) in [5.74, 6) is 0.886. The van der Waals surface area contributed by atoms with Gasteiger partial charge in [-0.15, -0.1) is 0 Å². The van der Waals surface area contributed by atoms with Crippen LogP contribution in [0.4, 0.5) is 0 Å². The number of hydrogen-bond donors (Lipinski definition) is 1. The van der Waals surface area contributed by atoms with E-state index >= 15 is 0 Å². The van der Waals surface area contributed by atoms with Crippen LogP contribution in [0.2, 0.25) is 0 Å². The first-order valence-corrected chi connectivity index (χ1v) is 8.53. The van der Waals surface area contributed by atoms with E-state index in [-0.39, 0.29) is 0 Å². The summed E-state index contributed by atoms with van der Waals surface area (Å²) in [6, 6.07) is 11.5. The highest BCUT2D eigenvalue weighted by Crippen LogP contribution is 2.38. The second kappa shape index (κ2) is 7.42. The zero-order valence-corrected chi connectivity index (χ0v) is 14.2. The van der Waals surface area contributed by atoms with E-state index in [0.717, 1.165) is 18.9 Å². The average molecular weight is 288 g/mol. The van der Waals surface area contributed by atoms with Crippen LogP contribution in [0.25, 0.3) is 0 Å². The molecule has 0 heterocycles. The standard InChI is InChI=1S/C19H32N2/c1-5-20-18(15-17-9-7-6-8-10-17)19(21(3)4)13-11-16(2)12-14-19/h6-10,16,18,20H,5,11-15H2,1-4H3. The summed E-state index contributed by atoms with van der Waals surface area (Å²) < 4.78 is 0. The third-order valence-corrected chi connectivity index (χ3v) is 5.41. The minimum atomic E-state index is 0.304. The monoisotopic (exact) mass is 288 g/mol. The van der Waals surface area contributed by atoms with Gasteiger partial charge in [-0.05, 0) is 64.2 Å². The summed E-state index contributed by atoms with van der Waals surface area (Å²) in [4.78, 5) is 2.50. The van der Waals surface area contributed by atoms with Crippen molar-refractivity contribution in [2.45, 2.75) is 57.5 Å². The van der Waals surface area contributed by atoms with E-state index in [1.807, 2.05) is 0 Å². The molecule has 2 nitrogen and oxygen atoms in total. The van der Waals surface area contributed by atoms with Crippen LogP contribution in [0.3, 0.4) is 0 Å². The van der Waals surface area contributed by atoms with Gasteiger partial charge in [0.2, 0.25) is 0 Å². The van der Waals surface area contributed by atoms with Crippen molar-refractivity contribution in [1.82, 2.24) is 10.2 Å². The highest BCUT2D eigenvalue weighted by molar-refractivity contribution is 5.18. The quantitative estimate of drug-likeness (QED) is 0.858. The van der Waals surface area contributed by atoms with E-state index < -0.39 is 0 Å². The molecule has 21 heavy (non-hydrogen) atoms. The average Bonchev–Trinajstić information content (AvgIpc) is 2.49. The van der Waals surface area contributed by atoms with Gasteiger partial charge in [-0.25, -0.2) is 0 Å². The molecule has 0 aromatic heterocycles. The fourth-order valence-corrected chi connectivity index (χ4v) is 3.92. The Bertz CT molecular complexity index is 405. The van der Waals surface area contributed by atoms with E-state index in [1.54, 1.807) is 0 Å². The van der Waals surface area contributed by atoms with Gasteiger partial charge in [0.1, 0.15) is 0 Å². The summed E-state index contributed by atoms with van der Waals surface area (Å²) in [7, 11) is 4.54. The molecule has 0 spiro atoms. The van der Waals surface area contributed by atoms with Gasteiger partial charge in [-0.2, -0.15) is 0 Å². The molecule has 0 aliphatic heterocycles. The molecule has 118 valence electrons. The van der Waals surface area contributed by atoms with Crippen molar-refractivity contribution in [2.75, 3.05) is 20.6 Å². The molecule has 1 unspecified atom stereocenters. The Labute approximate surface area is 130 Å². The second-order valence-electron chi connectivity index (χ2n) is 6.98. The van der Waals surface area contributed by atoms with Gasteiger partial charge in [0.05, 0.1) is 0 Å². The Kier molecular flexibility index (Phi) is 5.83. The Hall–Kier alpha value is -0.860. The van der Waals surface area contributed by atoms with Crippen LogP contribution in [0.15, 0.2) is 30.3 Å². The van der Waals surface area contributed by atoms with Crippen LogP contribution < -0.4 is 5.32 Å². The molecule has 2 rings (SSSR count). The first kappa shape index (κ1) is 16.5. The molecule has 0 bridgehead atoms. The van der Waals surface area contributed by atoms with Crippen LogP contribution in [-0.4, -0.2) is 37.1 Å². The number of nitrogens with zero attached hydrogens (tertiary/aromatic N) is 1. The lowest BCUT2D eigenvalue weighted by Crippen LogP contribution is -2.61. The van der Waals surface area contributed by atoms with Gasteiger partial charge in [0.25, 0.3) is 0 Å². The van der Waals surface area contributed by atoms with Crippen molar-refractivity contribution < 1.29 is 0 Å². The summed E-state index contributed by atoms with van der Waals surface area (Å²) in [6.45, 7) is 5.68. The predicted molar refractivity (Wildman–Crippen MR) is 91.7 cm³/mol. The first-order chi connectivity index (χ1) is 10.1. The molecule has 1 saturated carbocycles. The summed E-state index contributed by atoms with van der Waals surface area (Å²) >= 11 is 0. The second-order valence-corrected chi connectivity index (χ2v) is 6.98. The highest BCUT2D eigenvalue weighted by Gasteiger charge is 2.42. The fraction of sp³-hybridized carbons (Fsp3) is 0.684. The molecule has 1 aromatic rings. The molecule has 0 saturated heterocycles. The van der Waals surface area contributed by atoms with Crippen molar-refractivity contribution >= 4 is 0 Å². The Morgan fingerprint density at radius 2 is 1.81 bits per heavy atom. The summed E-state index contributed by atoms with van der Waals surface area (Å²) in [5, 5.41) is 3.80. The van der Waals surface area contributed by atoms with Crippen molar-refractivity contribution in [3.05, 3.63) is 35.9 Å². The van der Waals surface area contributed by atoms with E-state index in [4.69, 9.17) is 0 Å². The fourth-order valence-electron chi connectivity index (χ4n) is 3.92. The molecule has 1 aliphatic rings. The van der Waals surface area contributed by atoms with Crippen LogP contribution in [0.1, 0.15) is 45.1 Å². The molecule has 0 radical (unpaired) electrons. The third-order valence-electron chi connectivity index (χ3n) is 5.41. The largest absolute Gasteiger partial charge is 0.312 e. The number of benzene rings is 1. The molecule has 2 heteroatoms. The minimum absolute atomic E-state index is 0.304. The normalized spacial score (nSPS) is 27.8. The number of nitrogens with one attached hydrogen (secondary N) is 1. The molecule has 1 fully saturated rings. The lowest BCUT2D eigenvalue weighted by Gasteiger charge is -2.50. The first-order valence-electron chi connectivity index (χ1n) is 8.53. The third kappa shape index (κ3) is 3.87. The summed E-state index contributed by atoms with van der Waals surface area (Å²) in [6.07, 6.45) is 6.46. The van der Waals surface area contributed by atoms with Gasteiger partial charge < -0.3 is 10.2 Å². The maximum absolute atomic E-state index is 3.80. The van der Waals surface area contributed by atoms with Gasteiger partial charge in [0.15, 0.2) is 0 Å². The van der Waals surface area contributed by atoms with E-state index in [1.165, 1.54) is 31.2 Å². The molecule has 0 amide bonds. The van der Waals surface area contributed by atoms with Crippen molar-refractivity contribution in [1.29, 1.82) is 0 Å². The maximum atomic E-state index is 3.80. The van der Waals surface area contributed by atoms with Crippen LogP contribution in [0, 0.1) is 5.92 Å². The Morgan fingerprint density at radius 3 is 2.33 bits per heavy atom. The van der Waals surface area contributed by atoms with Gasteiger partial charge in [-0.1, -0.05) is 44.2 Å². The topological polar surface area (TPSA) is 15.3 Å². The number of rotatable bonds is 6. The van der Waals surface area contributed by atoms with Gasteiger partial charge in [0, 0.05) is 11.6 Å². The lowest BCUT2D eigenvalue weighted by molar-refractivity contribution is 0.0440. The van der Waals surface area contributed by atoms with Crippen LogP contribution in [0.5, 0.6) is 0 Å². The SMILES string of the molecule is CCNC(Cc1ccccc1)C1(N(C)C)CCC(C)CC1. The lowest BCUT2D eigenvalue weighted by atomic mass is 9.70. The van der Waals surface area contributed by atoms with E-state index in [0.29, 0.717) is 11.6 Å². The van der Waals surface area contributed by atoms with Gasteiger partial charge >= 0.3 is 0 Å². The molecule has 1 N–H and O–H groups in total. The maximum Gasteiger partial charge on any atom is 0.0359 e. The zero-order chi connectivity index (χ0) is 15.3. The molecule has 1 aromatic carbocycles. The van der Waals surface area contributed by atoms with Crippen molar-refractivity contribution in [2.24, 2.45) is 5.92 Å². The molecule has 1 atom stereocenters. The summed E-state index contributed by atoms with van der Waals surface area (Å²) in [5.41, 5.74) is 1.75. The van der Waals surface area contributed by atoms with Crippen molar-refractivity contribution in [3.8, 4) is 0 Å². The highest BCUT2D eigenvalue weighted by atomic mass is 15.2. The van der Waals surface area contributed by atoms with E-state index in [2.05, 4.69) is 68.5 Å². The van der Waals surface area contributed by atoms with Crippen LogP contribution >= 0.6 is 0 Å². The zero-order valence-electron chi connectivity index (χ0n) is 14.2. The van der Waals surface area contributed by atoms with Crippen molar-refractivity contribution in [3.63, 3.8) is 0 Å². The minimum Gasteiger partial charge on any atom is -0.312 e. The number of likely N-dealkylation sites (N-methyl/N-ethyl adjacent to an activating group) is 2. The Balaban J connectivity index is 2.20. The van der Waals surface area contributed by atoms with Crippen LogP contribution in [-0.2, 0) is 6.42 Å². The number of hydrogen-bond acceptors (Lipinski definition) is 2. The molecular weight excluding hydrogens is 256 g/mol. The molecule has 1 aliphatic carbocycles. The Morgan fingerprint density at radius 1 is 1.19 bits per heavy atom. The molecular formula is C19H32N2. The van der Waals surface area contributed by atoms with Gasteiger partial charge in [-0.3, -0.25) is 0 Å². The smallest absolute Gasteiger partial charge is 0.0359 e.